The van der Waals surface area contributed by atoms with Gasteiger partial charge in [-0.3, -0.25) is 4.79 Å². The molecular formula is C13H8ClF3N2O2. The van der Waals surface area contributed by atoms with Crippen LogP contribution in [0.1, 0.15) is 10.5 Å². The molecule has 4 nitrogen and oxygen atoms in total. The molecule has 2 aromatic rings. The maximum atomic E-state index is 12.7. The van der Waals surface area contributed by atoms with Crippen LogP contribution in [0.15, 0.2) is 36.5 Å². The summed E-state index contributed by atoms with van der Waals surface area (Å²) in [5.41, 5.74) is 0.176. The van der Waals surface area contributed by atoms with E-state index in [2.05, 4.69) is 15.0 Å². The number of hydrogen-bond donors (Lipinski definition) is 1. The van der Waals surface area contributed by atoms with Crippen molar-refractivity contribution in [3.05, 3.63) is 53.1 Å². The first kappa shape index (κ1) is 15.1. The van der Waals surface area contributed by atoms with Crippen molar-refractivity contribution in [2.24, 2.45) is 0 Å². The molecule has 1 aromatic heterocycles. The highest BCUT2D eigenvalue weighted by Gasteiger charge is 2.15. The number of benzene rings is 1. The summed E-state index contributed by atoms with van der Waals surface area (Å²) >= 11 is 5.79. The smallest absolute Gasteiger partial charge is 0.387 e. The molecule has 1 aromatic carbocycles. The molecule has 0 bridgehead atoms. The van der Waals surface area contributed by atoms with Crippen LogP contribution in [0.25, 0.3) is 0 Å². The third-order valence-electron chi connectivity index (χ3n) is 2.36. The fraction of sp³-hybridized carbons (Fsp3) is 0.0769. The Morgan fingerprint density at radius 3 is 2.52 bits per heavy atom. The van der Waals surface area contributed by atoms with Crippen molar-refractivity contribution in [3.63, 3.8) is 0 Å². The molecule has 0 radical (unpaired) electrons. The average Bonchev–Trinajstić information content (AvgIpc) is 2.40. The molecular weight excluding hydrogens is 309 g/mol. The lowest BCUT2D eigenvalue weighted by molar-refractivity contribution is -0.0500. The quantitative estimate of drug-likeness (QED) is 0.935. The third kappa shape index (κ3) is 4.09. The van der Waals surface area contributed by atoms with E-state index < -0.39 is 18.3 Å². The van der Waals surface area contributed by atoms with Gasteiger partial charge in [0, 0.05) is 11.8 Å². The first-order valence-corrected chi connectivity index (χ1v) is 6.01. The Balaban J connectivity index is 2.13. The van der Waals surface area contributed by atoms with Crippen molar-refractivity contribution >= 4 is 23.2 Å². The normalized spacial score (nSPS) is 10.5. The minimum Gasteiger partial charge on any atom is -0.433 e. The predicted octanol–water partition coefficient (Wildman–Crippen LogP) is 3.73. The van der Waals surface area contributed by atoms with Crippen LogP contribution in [0.4, 0.5) is 18.9 Å². The Morgan fingerprint density at radius 2 is 1.95 bits per heavy atom. The SMILES string of the molecule is O=C(Nc1ccc(F)cc1)c1ncc(OC(F)F)cc1Cl. The van der Waals surface area contributed by atoms with E-state index in [1.807, 2.05) is 0 Å². The zero-order valence-corrected chi connectivity index (χ0v) is 11.1. The van der Waals surface area contributed by atoms with E-state index in [-0.39, 0.29) is 16.5 Å². The number of carbonyl (C=O) groups is 1. The van der Waals surface area contributed by atoms with Gasteiger partial charge in [0.05, 0.1) is 11.2 Å². The molecule has 8 heteroatoms. The third-order valence-corrected chi connectivity index (χ3v) is 2.65. The fourth-order valence-electron chi connectivity index (χ4n) is 1.48. The number of ether oxygens (including phenoxy) is 1. The van der Waals surface area contributed by atoms with Crippen LogP contribution in [0.2, 0.25) is 5.02 Å². The van der Waals surface area contributed by atoms with Crippen LogP contribution >= 0.6 is 11.6 Å². The number of nitrogens with zero attached hydrogens (tertiary/aromatic N) is 1. The molecule has 0 unspecified atom stereocenters. The minimum absolute atomic E-state index is 0.146. The lowest BCUT2D eigenvalue weighted by atomic mass is 10.3. The Labute approximate surface area is 122 Å². The van der Waals surface area contributed by atoms with Crippen molar-refractivity contribution in [1.29, 1.82) is 0 Å². The highest BCUT2D eigenvalue weighted by atomic mass is 35.5. The van der Waals surface area contributed by atoms with E-state index in [9.17, 15) is 18.0 Å². The second-order valence-electron chi connectivity index (χ2n) is 3.84. The molecule has 0 spiro atoms. The highest BCUT2D eigenvalue weighted by Crippen LogP contribution is 2.22. The van der Waals surface area contributed by atoms with Gasteiger partial charge in [-0.2, -0.15) is 8.78 Å². The minimum atomic E-state index is -3.01. The molecule has 0 atom stereocenters. The molecule has 0 aliphatic carbocycles. The molecule has 1 N–H and O–H groups in total. The molecule has 1 heterocycles. The summed E-state index contributed by atoms with van der Waals surface area (Å²) in [6, 6.07) is 6.11. The summed E-state index contributed by atoms with van der Waals surface area (Å²) < 4.78 is 40.9. The van der Waals surface area contributed by atoms with Gasteiger partial charge in [-0.25, -0.2) is 9.37 Å². The first-order chi connectivity index (χ1) is 9.95. The molecule has 1 amide bonds. The van der Waals surface area contributed by atoms with Gasteiger partial charge in [0.2, 0.25) is 0 Å². The summed E-state index contributed by atoms with van der Waals surface area (Å²) in [6.45, 7) is -3.01. The van der Waals surface area contributed by atoms with Crippen LogP contribution in [0.3, 0.4) is 0 Å². The van der Waals surface area contributed by atoms with E-state index in [1.54, 1.807) is 0 Å². The molecule has 0 saturated heterocycles. The summed E-state index contributed by atoms with van der Waals surface area (Å²) in [7, 11) is 0. The molecule has 2 rings (SSSR count). The molecule has 21 heavy (non-hydrogen) atoms. The average molecular weight is 317 g/mol. The van der Waals surface area contributed by atoms with Gasteiger partial charge in [-0.05, 0) is 24.3 Å². The number of halogens is 4. The van der Waals surface area contributed by atoms with Gasteiger partial charge in [0.15, 0.2) is 0 Å². The zero-order valence-electron chi connectivity index (χ0n) is 10.3. The standard InChI is InChI=1S/C13H8ClF3N2O2/c14-10-5-9(21-13(16)17)6-18-11(10)12(20)19-8-3-1-7(15)2-4-8/h1-6,13H,(H,19,20). The molecule has 0 fully saturated rings. The molecule has 0 saturated carbocycles. The largest absolute Gasteiger partial charge is 0.433 e. The fourth-order valence-corrected chi connectivity index (χ4v) is 1.72. The summed E-state index contributed by atoms with van der Waals surface area (Å²) in [4.78, 5) is 15.6. The Kier molecular flexibility index (Phi) is 4.64. The van der Waals surface area contributed by atoms with Gasteiger partial charge >= 0.3 is 6.61 Å². The second kappa shape index (κ2) is 6.45. The van der Waals surface area contributed by atoms with Crippen molar-refractivity contribution in [1.82, 2.24) is 4.98 Å². The molecule has 110 valence electrons. The summed E-state index contributed by atoms with van der Waals surface area (Å²) in [5, 5.41) is 2.30. The van der Waals surface area contributed by atoms with Crippen molar-refractivity contribution in [2.45, 2.75) is 6.61 Å². The Morgan fingerprint density at radius 1 is 1.29 bits per heavy atom. The topological polar surface area (TPSA) is 51.2 Å². The number of amides is 1. The number of pyridine rings is 1. The van der Waals surface area contributed by atoms with Crippen LogP contribution in [-0.4, -0.2) is 17.5 Å². The van der Waals surface area contributed by atoms with E-state index in [1.165, 1.54) is 24.3 Å². The molecule has 0 aliphatic rings. The maximum absolute atomic E-state index is 12.7. The van der Waals surface area contributed by atoms with Crippen LogP contribution < -0.4 is 10.1 Å². The van der Waals surface area contributed by atoms with Crippen molar-refractivity contribution in [3.8, 4) is 5.75 Å². The van der Waals surface area contributed by atoms with Gasteiger partial charge in [-0.1, -0.05) is 11.6 Å². The van der Waals surface area contributed by atoms with Gasteiger partial charge in [-0.15, -0.1) is 0 Å². The Bertz CT molecular complexity index is 650. The van der Waals surface area contributed by atoms with Crippen molar-refractivity contribution in [2.75, 3.05) is 5.32 Å². The predicted molar refractivity (Wildman–Crippen MR) is 70.2 cm³/mol. The number of nitrogens with one attached hydrogen (secondary N) is 1. The second-order valence-corrected chi connectivity index (χ2v) is 4.25. The number of aromatic nitrogens is 1. The van der Waals surface area contributed by atoms with Crippen LogP contribution in [0, 0.1) is 5.82 Å². The number of rotatable bonds is 4. The van der Waals surface area contributed by atoms with Crippen molar-refractivity contribution < 1.29 is 22.7 Å². The van der Waals surface area contributed by atoms with E-state index in [0.717, 1.165) is 12.3 Å². The maximum Gasteiger partial charge on any atom is 0.387 e. The van der Waals surface area contributed by atoms with E-state index >= 15 is 0 Å². The van der Waals surface area contributed by atoms with Crippen LogP contribution in [0.5, 0.6) is 5.75 Å². The first-order valence-electron chi connectivity index (χ1n) is 5.63. The Hall–Kier alpha value is -2.28. The van der Waals surface area contributed by atoms with Gasteiger partial charge in [0.25, 0.3) is 5.91 Å². The van der Waals surface area contributed by atoms with Gasteiger partial charge in [0.1, 0.15) is 17.3 Å². The number of hydrogen-bond acceptors (Lipinski definition) is 3. The van der Waals surface area contributed by atoms with E-state index in [0.29, 0.717) is 5.69 Å². The summed E-state index contributed by atoms with van der Waals surface area (Å²) in [5.74, 6) is -1.36. The van der Waals surface area contributed by atoms with Crippen LogP contribution in [-0.2, 0) is 0 Å². The number of anilines is 1. The zero-order chi connectivity index (χ0) is 15.4. The highest BCUT2D eigenvalue weighted by molar-refractivity contribution is 6.34. The lowest BCUT2D eigenvalue weighted by Gasteiger charge is -2.08. The van der Waals surface area contributed by atoms with Gasteiger partial charge < -0.3 is 10.1 Å². The number of alkyl halides is 2. The monoisotopic (exact) mass is 316 g/mol. The lowest BCUT2D eigenvalue weighted by Crippen LogP contribution is -2.14. The van der Waals surface area contributed by atoms with E-state index in [4.69, 9.17) is 11.6 Å². The summed E-state index contributed by atoms with van der Waals surface area (Å²) in [6.07, 6.45) is 0.956. The molecule has 0 aliphatic heterocycles. The number of carbonyl (C=O) groups excluding carboxylic acids is 1.